The van der Waals surface area contributed by atoms with E-state index in [0.29, 0.717) is 5.69 Å². The molecule has 3 aromatic carbocycles. The number of hydrogen-bond donors (Lipinski definition) is 1. The Balaban J connectivity index is 1.69. The highest BCUT2D eigenvalue weighted by molar-refractivity contribution is 7.92. The zero-order valence-corrected chi connectivity index (χ0v) is 25.3. The van der Waals surface area contributed by atoms with E-state index in [4.69, 9.17) is 0 Å². The van der Waals surface area contributed by atoms with Gasteiger partial charge in [-0.2, -0.15) is 0 Å². The lowest BCUT2D eigenvalue weighted by Crippen LogP contribution is -2.53. The molecule has 0 radical (unpaired) electrons. The van der Waals surface area contributed by atoms with Crippen LogP contribution in [0, 0.1) is 20.8 Å². The molecule has 8 heteroatoms. The monoisotopic (exact) mass is 575 g/mol. The first-order chi connectivity index (χ1) is 19.6. The van der Waals surface area contributed by atoms with Gasteiger partial charge in [-0.25, -0.2) is 8.42 Å². The van der Waals surface area contributed by atoms with Crippen LogP contribution in [0.1, 0.15) is 61.3 Å². The summed E-state index contributed by atoms with van der Waals surface area (Å²) in [4.78, 5) is 29.1. The van der Waals surface area contributed by atoms with Gasteiger partial charge in [0.25, 0.3) is 10.0 Å². The SMILES string of the molecule is Cc1ccc(S(=O)(=O)N(CC(=O)N(Cc2ccccc2)[C@@H](C)C(=O)NC2CCCCC2)c2ccc(C)cc2C)cc1. The largest absolute Gasteiger partial charge is 0.352 e. The zero-order valence-electron chi connectivity index (χ0n) is 24.5. The van der Waals surface area contributed by atoms with Crippen LogP contribution < -0.4 is 9.62 Å². The average Bonchev–Trinajstić information content (AvgIpc) is 2.96. The van der Waals surface area contributed by atoms with Crippen molar-refractivity contribution in [3.63, 3.8) is 0 Å². The minimum Gasteiger partial charge on any atom is -0.352 e. The van der Waals surface area contributed by atoms with Crippen molar-refractivity contribution in [2.24, 2.45) is 0 Å². The van der Waals surface area contributed by atoms with E-state index in [1.807, 2.05) is 63.2 Å². The number of carbonyl (C=O) groups is 2. The minimum absolute atomic E-state index is 0.0981. The number of carbonyl (C=O) groups excluding carboxylic acids is 2. The molecule has 0 aliphatic heterocycles. The second-order valence-electron chi connectivity index (χ2n) is 11.1. The number of amides is 2. The molecule has 2 amide bonds. The van der Waals surface area contributed by atoms with Gasteiger partial charge < -0.3 is 10.2 Å². The maximum atomic E-state index is 14.1. The van der Waals surface area contributed by atoms with E-state index in [-0.39, 0.29) is 23.4 Å². The number of nitrogens with one attached hydrogen (secondary N) is 1. The van der Waals surface area contributed by atoms with E-state index in [2.05, 4.69) is 5.32 Å². The number of sulfonamides is 1. The number of nitrogens with zero attached hydrogens (tertiary/aromatic N) is 2. The molecule has 1 saturated carbocycles. The summed E-state index contributed by atoms with van der Waals surface area (Å²) in [7, 11) is -4.09. The summed E-state index contributed by atoms with van der Waals surface area (Å²) in [6, 6.07) is 20.9. The van der Waals surface area contributed by atoms with Gasteiger partial charge in [-0.05, 0) is 69.9 Å². The summed E-state index contributed by atoms with van der Waals surface area (Å²) in [6.07, 6.45) is 5.19. The van der Waals surface area contributed by atoms with Crippen LogP contribution in [0.2, 0.25) is 0 Å². The molecule has 1 fully saturated rings. The lowest BCUT2D eigenvalue weighted by atomic mass is 9.95. The van der Waals surface area contributed by atoms with Gasteiger partial charge in [-0.3, -0.25) is 13.9 Å². The fraction of sp³-hybridized carbons (Fsp3) is 0.394. The van der Waals surface area contributed by atoms with Crippen molar-refractivity contribution >= 4 is 27.5 Å². The lowest BCUT2D eigenvalue weighted by Gasteiger charge is -2.33. The van der Waals surface area contributed by atoms with E-state index in [0.717, 1.165) is 47.9 Å². The molecule has 1 aliphatic rings. The zero-order chi connectivity index (χ0) is 29.6. The third kappa shape index (κ3) is 7.55. The second kappa shape index (κ2) is 13.3. The molecule has 0 bridgehead atoms. The van der Waals surface area contributed by atoms with Crippen LogP contribution in [0.25, 0.3) is 0 Å². The van der Waals surface area contributed by atoms with Crippen molar-refractivity contribution in [1.29, 1.82) is 0 Å². The first-order valence-corrected chi connectivity index (χ1v) is 15.8. The number of rotatable bonds is 10. The fourth-order valence-electron chi connectivity index (χ4n) is 5.37. The van der Waals surface area contributed by atoms with Crippen LogP contribution in [0.15, 0.2) is 77.7 Å². The van der Waals surface area contributed by atoms with Gasteiger partial charge in [-0.1, -0.05) is 85.0 Å². The van der Waals surface area contributed by atoms with Gasteiger partial charge in [0.15, 0.2) is 0 Å². The summed E-state index contributed by atoms with van der Waals surface area (Å²) in [5.74, 6) is -0.670. The Kier molecular flexibility index (Phi) is 9.86. The number of aryl methyl sites for hydroxylation is 3. The van der Waals surface area contributed by atoms with Crippen molar-refractivity contribution in [3.05, 3.63) is 95.1 Å². The molecule has 4 rings (SSSR count). The molecule has 0 saturated heterocycles. The highest BCUT2D eigenvalue weighted by Crippen LogP contribution is 2.28. The Hall–Kier alpha value is -3.65. The standard InChI is InChI=1S/C33H41N3O4S/c1-24-15-18-30(19-16-24)41(39,40)36(31-20-17-25(2)21-26(31)3)23-32(37)35(22-28-11-7-5-8-12-28)27(4)33(38)34-29-13-9-6-10-14-29/h5,7-8,11-12,15-21,27,29H,6,9-10,13-14,22-23H2,1-4H3,(H,34,38)/t27-/m0/s1. The van der Waals surface area contributed by atoms with Crippen LogP contribution in [-0.4, -0.2) is 43.8 Å². The van der Waals surface area contributed by atoms with E-state index >= 15 is 0 Å². The quantitative estimate of drug-likeness (QED) is 0.337. The second-order valence-corrected chi connectivity index (χ2v) is 13.0. The Morgan fingerprint density at radius 2 is 1.51 bits per heavy atom. The van der Waals surface area contributed by atoms with Gasteiger partial charge in [0.2, 0.25) is 11.8 Å². The number of hydrogen-bond acceptors (Lipinski definition) is 4. The third-order valence-corrected chi connectivity index (χ3v) is 9.60. The number of anilines is 1. The average molecular weight is 576 g/mol. The van der Waals surface area contributed by atoms with Crippen molar-refractivity contribution in [2.45, 2.75) is 83.3 Å². The molecule has 0 aromatic heterocycles. The van der Waals surface area contributed by atoms with Crippen molar-refractivity contribution in [1.82, 2.24) is 10.2 Å². The Labute approximate surface area is 244 Å². The predicted octanol–water partition coefficient (Wildman–Crippen LogP) is 5.67. The summed E-state index contributed by atoms with van der Waals surface area (Å²) < 4.78 is 29.3. The molecule has 0 heterocycles. The van der Waals surface area contributed by atoms with E-state index < -0.39 is 28.5 Å². The molecule has 1 aliphatic carbocycles. The van der Waals surface area contributed by atoms with Crippen molar-refractivity contribution < 1.29 is 18.0 Å². The molecule has 0 unspecified atom stereocenters. The highest BCUT2D eigenvalue weighted by atomic mass is 32.2. The summed E-state index contributed by atoms with van der Waals surface area (Å²) >= 11 is 0. The Morgan fingerprint density at radius 1 is 0.878 bits per heavy atom. The lowest BCUT2D eigenvalue weighted by molar-refractivity contribution is -0.139. The Bertz CT molecular complexity index is 1450. The van der Waals surface area contributed by atoms with Crippen LogP contribution in [0.3, 0.4) is 0 Å². The topological polar surface area (TPSA) is 86.8 Å². The molecule has 1 N–H and O–H groups in total. The molecule has 1 atom stereocenters. The van der Waals surface area contributed by atoms with Crippen LogP contribution in [0.4, 0.5) is 5.69 Å². The molecule has 218 valence electrons. The van der Waals surface area contributed by atoms with Crippen LogP contribution in [-0.2, 0) is 26.2 Å². The first-order valence-electron chi connectivity index (χ1n) is 14.4. The van der Waals surface area contributed by atoms with Crippen molar-refractivity contribution in [3.8, 4) is 0 Å². The van der Waals surface area contributed by atoms with Gasteiger partial charge in [-0.15, -0.1) is 0 Å². The van der Waals surface area contributed by atoms with Gasteiger partial charge in [0.1, 0.15) is 12.6 Å². The van der Waals surface area contributed by atoms with Crippen LogP contribution in [0.5, 0.6) is 0 Å². The number of benzene rings is 3. The van der Waals surface area contributed by atoms with Crippen molar-refractivity contribution in [2.75, 3.05) is 10.8 Å². The van der Waals surface area contributed by atoms with Gasteiger partial charge in [0, 0.05) is 12.6 Å². The van der Waals surface area contributed by atoms with Crippen LogP contribution >= 0.6 is 0 Å². The molecule has 0 spiro atoms. The summed E-state index contributed by atoms with van der Waals surface area (Å²) in [5, 5.41) is 3.14. The molecule has 3 aromatic rings. The maximum absolute atomic E-state index is 14.1. The highest BCUT2D eigenvalue weighted by Gasteiger charge is 2.33. The third-order valence-electron chi connectivity index (χ3n) is 7.82. The Morgan fingerprint density at radius 3 is 2.15 bits per heavy atom. The van der Waals surface area contributed by atoms with Gasteiger partial charge >= 0.3 is 0 Å². The summed E-state index contributed by atoms with van der Waals surface area (Å²) in [5.41, 5.74) is 3.96. The minimum atomic E-state index is -4.09. The van der Waals surface area contributed by atoms with E-state index in [1.165, 1.54) is 15.6 Å². The molecule has 7 nitrogen and oxygen atoms in total. The fourth-order valence-corrected chi connectivity index (χ4v) is 6.85. The van der Waals surface area contributed by atoms with E-state index in [1.54, 1.807) is 37.3 Å². The van der Waals surface area contributed by atoms with E-state index in [9.17, 15) is 18.0 Å². The first kappa shape index (κ1) is 30.3. The van der Waals surface area contributed by atoms with Gasteiger partial charge in [0.05, 0.1) is 10.6 Å². The summed E-state index contributed by atoms with van der Waals surface area (Å²) in [6.45, 7) is 7.14. The molecule has 41 heavy (non-hydrogen) atoms. The smallest absolute Gasteiger partial charge is 0.264 e. The normalized spacial score (nSPS) is 14.7. The molecular weight excluding hydrogens is 534 g/mol. The molecular formula is C33H41N3O4S. The maximum Gasteiger partial charge on any atom is 0.264 e. The predicted molar refractivity (Wildman–Crippen MR) is 163 cm³/mol.